The minimum Gasteiger partial charge on any atom is -0.356 e. The Hall–Kier alpha value is -1.55. The monoisotopic (exact) mass is 264 g/mol. The van der Waals surface area contributed by atoms with Crippen LogP contribution in [-0.2, 0) is 6.42 Å². The third-order valence-electron chi connectivity index (χ3n) is 2.67. The topological polar surface area (TPSA) is 42.7 Å². The summed E-state index contributed by atoms with van der Waals surface area (Å²) in [4.78, 5) is 4.47. The van der Waals surface area contributed by atoms with E-state index in [2.05, 4.69) is 29.2 Å². The van der Waals surface area contributed by atoms with E-state index in [0.717, 1.165) is 22.8 Å². The molecule has 0 unspecified atom stereocenters. The second-order valence-corrected chi connectivity index (χ2v) is 4.88. The summed E-state index contributed by atoms with van der Waals surface area (Å²) < 4.78 is 1.94. The lowest BCUT2D eigenvalue weighted by molar-refractivity contribution is 0.511. The van der Waals surface area contributed by atoms with Gasteiger partial charge in [-0.05, 0) is 31.5 Å². The zero-order valence-corrected chi connectivity index (χ0v) is 11.6. The number of hydrogen-bond donors (Lipinski definition) is 1. The predicted octanol–water partition coefficient (Wildman–Crippen LogP) is 3.14. The maximum absolute atomic E-state index is 5.99. The van der Waals surface area contributed by atoms with Crippen LogP contribution in [0.2, 0.25) is 5.02 Å². The highest BCUT2D eigenvalue weighted by atomic mass is 35.5. The molecule has 0 atom stereocenters. The van der Waals surface area contributed by atoms with Crippen LogP contribution in [0.3, 0.4) is 0 Å². The molecule has 0 aliphatic carbocycles. The normalized spacial score (nSPS) is 10.9. The zero-order chi connectivity index (χ0) is 13.1. The number of rotatable bonds is 4. The average Bonchev–Trinajstić information content (AvgIpc) is 2.72. The van der Waals surface area contributed by atoms with Gasteiger partial charge in [0, 0.05) is 24.5 Å². The van der Waals surface area contributed by atoms with E-state index >= 15 is 0 Å². The summed E-state index contributed by atoms with van der Waals surface area (Å²) in [5.74, 6) is 1.59. The molecular formula is C13H17ClN4. The second-order valence-electron chi connectivity index (χ2n) is 4.45. The molecule has 0 fully saturated rings. The van der Waals surface area contributed by atoms with Crippen LogP contribution in [0.15, 0.2) is 24.3 Å². The highest BCUT2D eigenvalue weighted by molar-refractivity contribution is 6.30. The molecule has 1 aromatic carbocycles. The van der Waals surface area contributed by atoms with Gasteiger partial charge >= 0.3 is 0 Å². The fourth-order valence-electron chi connectivity index (χ4n) is 1.83. The lowest BCUT2D eigenvalue weighted by Gasteiger charge is -2.09. The highest BCUT2D eigenvalue weighted by Crippen LogP contribution is 2.17. The molecule has 0 aliphatic rings. The first-order valence-corrected chi connectivity index (χ1v) is 6.35. The third kappa shape index (κ3) is 2.82. The molecule has 2 aromatic rings. The van der Waals surface area contributed by atoms with Gasteiger partial charge in [-0.1, -0.05) is 23.7 Å². The summed E-state index contributed by atoms with van der Waals surface area (Å²) >= 11 is 5.99. The molecule has 0 amide bonds. The zero-order valence-electron chi connectivity index (χ0n) is 10.8. The third-order valence-corrected chi connectivity index (χ3v) is 2.90. The smallest absolute Gasteiger partial charge is 0.242 e. The molecule has 4 nitrogen and oxygen atoms in total. The largest absolute Gasteiger partial charge is 0.356 e. The maximum atomic E-state index is 5.99. The van der Waals surface area contributed by atoms with Crippen LogP contribution < -0.4 is 5.32 Å². The van der Waals surface area contributed by atoms with Crippen molar-refractivity contribution in [1.29, 1.82) is 0 Å². The molecule has 0 radical (unpaired) electrons. The summed E-state index contributed by atoms with van der Waals surface area (Å²) in [5, 5.41) is 8.13. The first kappa shape index (κ1) is 12.9. The van der Waals surface area contributed by atoms with Crippen LogP contribution in [0.5, 0.6) is 0 Å². The Morgan fingerprint density at radius 2 is 2.17 bits per heavy atom. The quantitative estimate of drug-likeness (QED) is 0.923. The average molecular weight is 265 g/mol. The molecule has 0 bridgehead atoms. The molecule has 1 aromatic heterocycles. The van der Waals surface area contributed by atoms with Gasteiger partial charge in [-0.15, -0.1) is 5.10 Å². The van der Waals surface area contributed by atoms with E-state index in [1.165, 1.54) is 0 Å². The van der Waals surface area contributed by atoms with Crippen LogP contribution in [0, 0.1) is 0 Å². The molecule has 18 heavy (non-hydrogen) atoms. The number of benzene rings is 1. The van der Waals surface area contributed by atoms with Crippen LogP contribution in [0.4, 0.5) is 5.95 Å². The van der Waals surface area contributed by atoms with Crippen molar-refractivity contribution in [3.05, 3.63) is 40.7 Å². The van der Waals surface area contributed by atoms with Gasteiger partial charge in [-0.25, -0.2) is 4.68 Å². The van der Waals surface area contributed by atoms with Gasteiger partial charge in [0.1, 0.15) is 5.82 Å². The van der Waals surface area contributed by atoms with E-state index in [1.54, 1.807) is 0 Å². The molecule has 0 spiro atoms. The van der Waals surface area contributed by atoms with Gasteiger partial charge in [0.2, 0.25) is 5.95 Å². The van der Waals surface area contributed by atoms with Crippen molar-refractivity contribution in [2.75, 3.05) is 12.4 Å². The summed E-state index contributed by atoms with van der Waals surface area (Å²) in [7, 11) is 1.82. The number of nitrogens with zero attached hydrogens (tertiary/aromatic N) is 3. The number of hydrogen-bond acceptors (Lipinski definition) is 3. The molecule has 0 saturated carbocycles. The van der Waals surface area contributed by atoms with Gasteiger partial charge in [-0.2, -0.15) is 4.98 Å². The van der Waals surface area contributed by atoms with E-state index in [0.29, 0.717) is 5.95 Å². The van der Waals surface area contributed by atoms with Crippen LogP contribution in [0.1, 0.15) is 31.3 Å². The van der Waals surface area contributed by atoms with Crippen molar-refractivity contribution in [1.82, 2.24) is 14.8 Å². The van der Waals surface area contributed by atoms with Gasteiger partial charge < -0.3 is 5.32 Å². The molecule has 0 saturated heterocycles. The number of nitrogens with one attached hydrogen (secondary N) is 1. The summed E-state index contributed by atoms with van der Waals surface area (Å²) in [5.41, 5.74) is 1.14. The Bertz CT molecular complexity index is 534. The fourth-order valence-corrected chi connectivity index (χ4v) is 2.04. The van der Waals surface area contributed by atoms with E-state index in [-0.39, 0.29) is 6.04 Å². The SMILES string of the molecule is CNc1nc(Cc2cccc(Cl)c2)n(C(C)C)n1. The predicted molar refractivity (Wildman–Crippen MR) is 74.2 cm³/mol. The Morgan fingerprint density at radius 3 is 2.78 bits per heavy atom. The molecule has 5 heteroatoms. The minimum absolute atomic E-state index is 0.286. The van der Waals surface area contributed by atoms with Gasteiger partial charge in [0.05, 0.1) is 0 Å². The lowest BCUT2D eigenvalue weighted by atomic mass is 10.1. The maximum Gasteiger partial charge on any atom is 0.242 e. The van der Waals surface area contributed by atoms with E-state index < -0.39 is 0 Å². The van der Waals surface area contributed by atoms with Crippen LogP contribution in [0.25, 0.3) is 0 Å². The van der Waals surface area contributed by atoms with Crippen LogP contribution in [-0.4, -0.2) is 21.8 Å². The van der Waals surface area contributed by atoms with E-state index in [1.807, 2.05) is 36.0 Å². The molecular weight excluding hydrogens is 248 g/mol. The number of anilines is 1. The first-order chi connectivity index (χ1) is 8.60. The highest BCUT2D eigenvalue weighted by Gasteiger charge is 2.12. The molecule has 1 heterocycles. The van der Waals surface area contributed by atoms with Crippen molar-refractivity contribution in [2.24, 2.45) is 0 Å². The van der Waals surface area contributed by atoms with Crippen molar-refractivity contribution >= 4 is 17.5 Å². The van der Waals surface area contributed by atoms with Crippen molar-refractivity contribution in [2.45, 2.75) is 26.3 Å². The van der Waals surface area contributed by atoms with Crippen molar-refractivity contribution < 1.29 is 0 Å². The summed E-state index contributed by atoms with van der Waals surface area (Å²) in [6.07, 6.45) is 0.730. The van der Waals surface area contributed by atoms with Crippen LogP contribution >= 0.6 is 11.6 Å². The lowest BCUT2D eigenvalue weighted by Crippen LogP contribution is -2.08. The van der Waals surface area contributed by atoms with E-state index in [4.69, 9.17) is 11.6 Å². The van der Waals surface area contributed by atoms with Gasteiger partial charge in [-0.3, -0.25) is 0 Å². The summed E-state index contributed by atoms with van der Waals surface area (Å²) in [6, 6.07) is 8.11. The molecule has 96 valence electrons. The fraction of sp³-hybridized carbons (Fsp3) is 0.385. The first-order valence-electron chi connectivity index (χ1n) is 5.97. The standard InChI is InChI=1S/C13H17ClN4/c1-9(2)18-12(16-13(15-3)17-18)8-10-5-4-6-11(14)7-10/h4-7,9H,8H2,1-3H3,(H,15,17). The minimum atomic E-state index is 0.286. The Balaban J connectivity index is 2.30. The Kier molecular flexibility index (Phi) is 3.87. The Morgan fingerprint density at radius 1 is 1.39 bits per heavy atom. The number of aromatic nitrogens is 3. The van der Waals surface area contributed by atoms with Crippen molar-refractivity contribution in [3.8, 4) is 0 Å². The Labute approximate surface area is 112 Å². The van der Waals surface area contributed by atoms with Crippen molar-refractivity contribution in [3.63, 3.8) is 0 Å². The molecule has 0 aliphatic heterocycles. The molecule has 2 rings (SSSR count). The van der Waals surface area contributed by atoms with Gasteiger partial charge in [0.15, 0.2) is 0 Å². The molecule has 1 N–H and O–H groups in total. The van der Waals surface area contributed by atoms with E-state index in [9.17, 15) is 0 Å². The second kappa shape index (κ2) is 5.40. The van der Waals surface area contributed by atoms with Gasteiger partial charge in [0.25, 0.3) is 0 Å². The summed E-state index contributed by atoms with van der Waals surface area (Å²) in [6.45, 7) is 4.19. The number of halogens is 1.